The van der Waals surface area contributed by atoms with E-state index >= 15 is 0 Å². The summed E-state index contributed by atoms with van der Waals surface area (Å²) in [6.45, 7) is 0.880. The lowest BCUT2D eigenvalue weighted by Gasteiger charge is -2.30. The summed E-state index contributed by atoms with van der Waals surface area (Å²) >= 11 is 5.84. The third-order valence-corrected chi connectivity index (χ3v) is 7.32. The van der Waals surface area contributed by atoms with Gasteiger partial charge in [-0.3, -0.25) is 4.79 Å². The summed E-state index contributed by atoms with van der Waals surface area (Å²) in [7, 11) is -3.58. The number of fused-ring (bicyclic) bond motifs is 1. The van der Waals surface area contributed by atoms with Crippen molar-refractivity contribution in [2.75, 3.05) is 13.1 Å². The number of carbonyl (C=O) groups excluding carboxylic acids is 1. The summed E-state index contributed by atoms with van der Waals surface area (Å²) in [4.78, 5) is 12.8. The summed E-state index contributed by atoms with van der Waals surface area (Å²) in [5.74, 6) is -0.328. The molecule has 7 nitrogen and oxygen atoms in total. The molecule has 0 saturated carbocycles. The number of nitrogens with zero attached hydrogens (tertiary/aromatic N) is 2. The molecule has 0 spiro atoms. The van der Waals surface area contributed by atoms with Crippen LogP contribution < -0.4 is 5.32 Å². The normalized spacial score (nSPS) is 16.2. The van der Waals surface area contributed by atoms with Gasteiger partial charge in [-0.25, -0.2) is 8.42 Å². The summed E-state index contributed by atoms with van der Waals surface area (Å²) < 4.78 is 32.2. The van der Waals surface area contributed by atoms with Crippen LogP contribution in [-0.2, 0) is 21.4 Å². The largest absolute Gasteiger partial charge is 0.356 e. The van der Waals surface area contributed by atoms with Crippen LogP contribution >= 0.6 is 11.6 Å². The topological polar surface area (TPSA) is 92.5 Å². The van der Waals surface area contributed by atoms with Gasteiger partial charge in [0.15, 0.2) is 5.58 Å². The number of benzene rings is 2. The Labute approximate surface area is 173 Å². The van der Waals surface area contributed by atoms with Crippen molar-refractivity contribution in [3.05, 3.63) is 59.2 Å². The van der Waals surface area contributed by atoms with Crippen molar-refractivity contribution >= 4 is 38.5 Å². The molecule has 1 fully saturated rings. The number of para-hydroxylation sites is 1. The molecule has 0 unspecified atom stereocenters. The molecule has 1 N–H and O–H groups in total. The Bertz CT molecular complexity index is 1120. The molecule has 152 valence electrons. The highest BCUT2D eigenvalue weighted by Crippen LogP contribution is 2.25. The molecule has 1 aromatic heterocycles. The second-order valence-electron chi connectivity index (χ2n) is 6.98. The van der Waals surface area contributed by atoms with E-state index in [9.17, 15) is 13.2 Å². The molecule has 1 aliphatic heterocycles. The molecule has 1 amide bonds. The molecule has 0 aliphatic carbocycles. The molecule has 0 bridgehead atoms. The standard InChI is InChI=1S/C20H20ClN3O4S/c21-15-5-7-16(8-6-15)29(26,27)24-11-9-14(10-12-24)20(25)22-13-18-17-3-1-2-4-19(17)28-23-18/h1-8,14H,9-13H2,(H,22,25). The molecule has 0 atom stereocenters. The van der Waals surface area contributed by atoms with Gasteiger partial charge in [0.05, 0.1) is 11.4 Å². The second kappa shape index (κ2) is 8.14. The van der Waals surface area contributed by atoms with Crippen molar-refractivity contribution in [1.82, 2.24) is 14.8 Å². The monoisotopic (exact) mass is 433 g/mol. The van der Waals surface area contributed by atoms with E-state index in [0.29, 0.717) is 42.2 Å². The zero-order valence-corrected chi connectivity index (χ0v) is 17.1. The highest BCUT2D eigenvalue weighted by Gasteiger charge is 2.32. The maximum atomic E-state index is 12.7. The molecule has 4 rings (SSSR count). The van der Waals surface area contributed by atoms with Crippen LogP contribution in [0.1, 0.15) is 18.5 Å². The van der Waals surface area contributed by atoms with E-state index in [-0.39, 0.29) is 23.3 Å². The van der Waals surface area contributed by atoms with Crippen molar-refractivity contribution in [2.45, 2.75) is 24.3 Å². The summed E-state index contributed by atoms with van der Waals surface area (Å²) in [6.07, 6.45) is 0.941. The molecule has 0 radical (unpaired) electrons. The number of rotatable bonds is 5. The Morgan fingerprint density at radius 2 is 1.83 bits per heavy atom. The van der Waals surface area contributed by atoms with Gasteiger partial charge in [-0.05, 0) is 49.2 Å². The Hall–Kier alpha value is -2.42. The van der Waals surface area contributed by atoms with Crippen molar-refractivity contribution in [3.63, 3.8) is 0 Å². The number of aromatic nitrogens is 1. The molecule has 29 heavy (non-hydrogen) atoms. The van der Waals surface area contributed by atoms with E-state index in [1.54, 1.807) is 12.1 Å². The summed E-state index contributed by atoms with van der Waals surface area (Å²) in [5, 5.41) is 8.26. The van der Waals surface area contributed by atoms with Gasteiger partial charge in [0.25, 0.3) is 0 Å². The first-order valence-electron chi connectivity index (χ1n) is 9.32. The minimum absolute atomic E-state index is 0.0966. The second-order valence-corrected chi connectivity index (χ2v) is 9.35. The molecule has 2 heterocycles. The Morgan fingerprint density at radius 3 is 2.55 bits per heavy atom. The van der Waals surface area contributed by atoms with Crippen molar-refractivity contribution in [1.29, 1.82) is 0 Å². The smallest absolute Gasteiger partial charge is 0.243 e. The zero-order chi connectivity index (χ0) is 20.4. The molecule has 2 aromatic carbocycles. The van der Waals surface area contributed by atoms with Crippen LogP contribution in [0, 0.1) is 5.92 Å². The van der Waals surface area contributed by atoms with Crippen LogP contribution in [0.25, 0.3) is 11.0 Å². The molecule has 1 aliphatic rings. The summed E-state index contributed by atoms with van der Waals surface area (Å²) in [5.41, 5.74) is 1.36. The van der Waals surface area contributed by atoms with Crippen LogP contribution in [0.15, 0.2) is 57.9 Å². The minimum atomic E-state index is -3.58. The zero-order valence-electron chi connectivity index (χ0n) is 15.5. The first kappa shape index (κ1) is 19.9. The molecule has 3 aromatic rings. The molecular formula is C20H20ClN3O4S. The van der Waals surface area contributed by atoms with Gasteiger partial charge in [0.2, 0.25) is 15.9 Å². The van der Waals surface area contributed by atoms with Crippen LogP contribution in [0.2, 0.25) is 5.02 Å². The van der Waals surface area contributed by atoms with Gasteiger partial charge < -0.3 is 9.84 Å². The number of carbonyl (C=O) groups is 1. The third-order valence-electron chi connectivity index (χ3n) is 5.16. The van der Waals surface area contributed by atoms with Gasteiger partial charge >= 0.3 is 0 Å². The maximum Gasteiger partial charge on any atom is 0.243 e. The maximum absolute atomic E-state index is 12.7. The number of hydrogen-bond donors (Lipinski definition) is 1. The fourth-order valence-electron chi connectivity index (χ4n) is 3.49. The van der Waals surface area contributed by atoms with Gasteiger partial charge in [0, 0.05) is 29.4 Å². The number of nitrogens with one attached hydrogen (secondary N) is 1. The average molecular weight is 434 g/mol. The first-order valence-corrected chi connectivity index (χ1v) is 11.1. The lowest BCUT2D eigenvalue weighted by Crippen LogP contribution is -2.42. The van der Waals surface area contributed by atoms with E-state index in [1.807, 2.05) is 24.3 Å². The van der Waals surface area contributed by atoms with E-state index in [4.69, 9.17) is 16.1 Å². The molecule has 1 saturated heterocycles. The predicted molar refractivity (Wildman–Crippen MR) is 109 cm³/mol. The highest BCUT2D eigenvalue weighted by molar-refractivity contribution is 7.89. The molecule has 9 heteroatoms. The van der Waals surface area contributed by atoms with Gasteiger partial charge in [-0.2, -0.15) is 4.31 Å². The van der Waals surface area contributed by atoms with Crippen LogP contribution in [-0.4, -0.2) is 36.9 Å². The Morgan fingerprint density at radius 1 is 1.14 bits per heavy atom. The van der Waals surface area contributed by atoms with Crippen LogP contribution in [0.3, 0.4) is 0 Å². The van der Waals surface area contributed by atoms with E-state index in [0.717, 1.165) is 5.39 Å². The number of amides is 1. The average Bonchev–Trinajstić information content (AvgIpc) is 3.15. The quantitative estimate of drug-likeness (QED) is 0.667. The number of sulfonamides is 1. The molecular weight excluding hydrogens is 414 g/mol. The van der Waals surface area contributed by atoms with Crippen molar-refractivity contribution in [3.8, 4) is 0 Å². The van der Waals surface area contributed by atoms with Gasteiger partial charge in [-0.15, -0.1) is 0 Å². The van der Waals surface area contributed by atoms with Crippen LogP contribution in [0.4, 0.5) is 0 Å². The van der Waals surface area contributed by atoms with Crippen molar-refractivity contribution < 1.29 is 17.7 Å². The number of hydrogen-bond acceptors (Lipinski definition) is 5. The first-order chi connectivity index (χ1) is 13.9. The third kappa shape index (κ3) is 4.14. The number of halogens is 1. The fourth-order valence-corrected chi connectivity index (χ4v) is 5.09. The number of piperidine rings is 1. The van der Waals surface area contributed by atoms with Gasteiger partial charge in [-0.1, -0.05) is 28.9 Å². The SMILES string of the molecule is O=C(NCc1noc2ccccc12)C1CCN(S(=O)(=O)c2ccc(Cl)cc2)CC1. The predicted octanol–water partition coefficient (Wildman–Crippen LogP) is 3.20. The summed E-state index contributed by atoms with van der Waals surface area (Å²) in [6, 6.07) is 13.6. The lowest BCUT2D eigenvalue weighted by molar-refractivity contribution is -0.126. The lowest BCUT2D eigenvalue weighted by atomic mass is 9.97. The van der Waals surface area contributed by atoms with E-state index < -0.39 is 10.0 Å². The van der Waals surface area contributed by atoms with Crippen molar-refractivity contribution in [2.24, 2.45) is 5.92 Å². The fraction of sp³-hybridized carbons (Fsp3) is 0.300. The minimum Gasteiger partial charge on any atom is -0.356 e. The Kier molecular flexibility index (Phi) is 5.58. The van der Waals surface area contributed by atoms with Gasteiger partial charge in [0.1, 0.15) is 5.69 Å². The Balaban J connectivity index is 1.34. The van der Waals surface area contributed by atoms with Crippen LogP contribution in [0.5, 0.6) is 0 Å². The van der Waals surface area contributed by atoms with E-state index in [2.05, 4.69) is 10.5 Å². The highest BCUT2D eigenvalue weighted by atomic mass is 35.5. The van der Waals surface area contributed by atoms with E-state index in [1.165, 1.54) is 16.4 Å².